The second-order valence-electron chi connectivity index (χ2n) is 8.64. The van der Waals surface area contributed by atoms with E-state index >= 15 is 0 Å². The number of benzene rings is 2. The first kappa shape index (κ1) is 19.9. The number of carbonyl (C=O) groups is 1. The zero-order valence-electron chi connectivity index (χ0n) is 16.9. The molecular weight excluding hydrogens is 388 g/mol. The van der Waals surface area contributed by atoms with Gasteiger partial charge in [0, 0.05) is 19.1 Å². The number of fused-ring (bicyclic) bond motifs is 2. The van der Waals surface area contributed by atoms with E-state index in [1.165, 1.54) is 4.31 Å². The Kier molecular flexibility index (Phi) is 4.91. The van der Waals surface area contributed by atoms with Gasteiger partial charge in [-0.25, -0.2) is 13.2 Å². The minimum atomic E-state index is -3.60. The van der Waals surface area contributed by atoms with Crippen molar-refractivity contribution in [1.29, 1.82) is 0 Å². The minimum Gasteiger partial charge on any atom is -0.444 e. The van der Waals surface area contributed by atoms with Gasteiger partial charge in [0.2, 0.25) is 10.0 Å². The van der Waals surface area contributed by atoms with Crippen molar-refractivity contribution in [2.75, 3.05) is 13.1 Å². The van der Waals surface area contributed by atoms with Gasteiger partial charge < -0.3 is 9.64 Å². The molecule has 6 nitrogen and oxygen atoms in total. The molecule has 1 amide bonds. The van der Waals surface area contributed by atoms with Crippen LogP contribution in [0.15, 0.2) is 59.5 Å². The van der Waals surface area contributed by atoms with Gasteiger partial charge in [0.1, 0.15) is 5.60 Å². The second-order valence-corrected chi connectivity index (χ2v) is 10.5. The van der Waals surface area contributed by atoms with Gasteiger partial charge in [-0.05, 0) is 50.5 Å². The molecule has 2 aliphatic rings. The lowest BCUT2D eigenvalue weighted by atomic mass is 10.1. The summed E-state index contributed by atoms with van der Waals surface area (Å²) < 4.78 is 33.3. The number of rotatable bonds is 3. The molecular formula is C22H26N2O4S. The van der Waals surface area contributed by atoms with Gasteiger partial charge in [0.05, 0.1) is 10.9 Å². The van der Waals surface area contributed by atoms with Crippen LogP contribution in [0.3, 0.4) is 0 Å². The number of carbonyl (C=O) groups excluding carboxylic acids is 1. The summed E-state index contributed by atoms with van der Waals surface area (Å²) in [5.41, 5.74) is 1.46. The fourth-order valence-corrected chi connectivity index (χ4v) is 5.72. The lowest BCUT2D eigenvalue weighted by molar-refractivity contribution is 0.0173. The Balaban J connectivity index is 1.48. The van der Waals surface area contributed by atoms with Crippen molar-refractivity contribution in [2.45, 2.75) is 49.8 Å². The van der Waals surface area contributed by atoms with Crippen molar-refractivity contribution in [3.05, 3.63) is 54.6 Å². The zero-order valence-corrected chi connectivity index (χ0v) is 17.7. The Morgan fingerprint density at radius 1 is 0.931 bits per heavy atom. The Bertz CT molecular complexity index is 997. The molecule has 2 atom stereocenters. The minimum absolute atomic E-state index is 0.131. The van der Waals surface area contributed by atoms with Crippen LogP contribution in [0.1, 0.15) is 27.2 Å². The van der Waals surface area contributed by atoms with Crippen molar-refractivity contribution >= 4 is 16.1 Å². The summed E-state index contributed by atoms with van der Waals surface area (Å²) in [6.45, 7) is 6.17. The van der Waals surface area contributed by atoms with Crippen molar-refractivity contribution in [3.63, 3.8) is 0 Å². The van der Waals surface area contributed by atoms with Gasteiger partial charge in [-0.3, -0.25) is 0 Å². The number of hydrogen-bond donors (Lipinski definition) is 0. The Labute approximate surface area is 172 Å². The maximum atomic E-state index is 13.2. The Morgan fingerprint density at radius 3 is 2.10 bits per heavy atom. The highest BCUT2D eigenvalue weighted by Gasteiger charge is 2.50. The monoisotopic (exact) mass is 414 g/mol. The number of amides is 1. The van der Waals surface area contributed by atoms with Gasteiger partial charge >= 0.3 is 6.09 Å². The molecule has 2 fully saturated rings. The second kappa shape index (κ2) is 7.15. The van der Waals surface area contributed by atoms with Crippen LogP contribution in [0.4, 0.5) is 4.79 Å². The molecule has 0 aliphatic carbocycles. The molecule has 0 radical (unpaired) electrons. The molecule has 0 spiro atoms. The van der Waals surface area contributed by atoms with E-state index in [2.05, 4.69) is 0 Å². The van der Waals surface area contributed by atoms with Gasteiger partial charge in [-0.15, -0.1) is 0 Å². The third-order valence-corrected chi connectivity index (χ3v) is 7.32. The van der Waals surface area contributed by atoms with Crippen LogP contribution < -0.4 is 0 Å². The van der Waals surface area contributed by atoms with Crippen molar-refractivity contribution < 1.29 is 17.9 Å². The highest BCUT2D eigenvalue weighted by molar-refractivity contribution is 7.89. The van der Waals surface area contributed by atoms with E-state index in [9.17, 15) is 13.2 Å². The molecule has 2 saturated heterocycles. The lowest BCUT2D eigenvalue weighted by Crippen LogP contribution is -2.51. The molecule has 2 aliphatic heterocycles. The zero-order chi connectivity index (χ0) is 20.8. The van der Waals surface area contributed by atoms with Gasteiger partial charge in [-0.2, -0.15) is 4.31 Å². The molecule has 29 heavy (non-hydrogen) atoms. The summed E-state index contributed by atoms with van der Waals surface area (Å²) in [5, 5.41) is 0. The number of nitrogens with zero attached hydrogens (tertiary/aromatic N) is 2. The van der Waals surface area contributed by atoms with Gasteiger partial charge in [0.15, 0.2) is 0 Å². The molecule has 2 aromatic carbocycles. The maximum Gasteiger partial charge on any atom is 0.410 e. The molecule has 0 saturated carbocycles. The quantitative estimate of drug-likeness (QED) is 0.767. The van der Waals surface area contributed by atoms with Crippen molar-refractivity contribution in [1.82, 2.24) is 9.21 Å². The first-order valence-electron chi connectivity index (χ1n) is 9.82. The summed E-state index contributed by atoms with van der Waals surface area (Å²) in [4.78, 5) is 14.3. The van der Waals surface area contributed by atoms with Gasteiger partial charge in [0.25, 0.3) is 0 Å². The van der Waals surface area contributed by atoms with E-state index in [-0.39, 0.29) is 23.1 Å². The molecule has 154 valence electrons. The van der Waals surface area contributed by atoms with Crippen LogP contribution >= 0.6 is 0 Å². The summed E-state index contributed by atoms with van der Waals surface area (Å²) in [6.07, 6.45) is 0.287. The standard InChI is InChI=1S/C22H26N2O4S/c1-22(2,3)28-21(25)23-14-19-13-18(23)15-24(19)29(26,27)20-11-9-17(10-12-20)16-7-5-4-6-8-16/h4-12,18-19H,13-15H2,1-3H3. The molecule has 4 rings (SSSR count). The normalized spacial score (nSPS) is 22.1. The molecule has 0 N–H and O–H groups in total. The molecule has 2 unspecified atom stereocenters. The van der Waals surface area contributed by atoms with E-state index in [4.69, 9.17) is 4.74 Å². The van der Waals surface area contributed by atoms with E-state index in [0.29, 0.717) is 19.5 Å². The predicted molar refractivity (Wildman–Crippen MR) is 111 cm³/mol. The number of hydrogen-bond acceptors (Lipinski definition) is 4. The van der Waals surface area contributed by atoms with Crippen LogP contribution in [0.2, 0.25) is 0 Å². The van der Waals surface area contributed by atoms with Crippen molar-refractivity contribution in [3.8, 4) is 11.1 Å². The average molecular weight is 415 g/mol. The first-order valence-corrected chi connectivity index (χ1v) is 11.3. The summed E-state index contributed by atoms with van der Waals surface area (Å²) in [6, 6.07) is 16.5. The van der Waals surface area contributed by atoms with Crippen LogP contribution in [0, 0.1) is 0 Å². The summed E-state index contributed by atoms with van der Waals surface area (Å²) in [7, 11) is -3.60. The third kappa shape index (κ3) is 3.89. The van der Waals surface area contributed by atoms with Gasteiger partial charge in [-0.1, -0.05) is 42.5 Å². The van der Waals surface area contributed by atoms with Crippen LogP contribution in [0.5, 0.6) is 0 Å². The number of likely N-dealkylation sites (tertiary alicyclic amines) is 1. The van der Waals surface area contributed by atoms with E-state index < -0.39 is 15.6 Å². The SMILES string of the molecule is CC(C)(C)OC(=O)N1CC2CC1CN2S(=O)(=O)c1ccc(-c2ccccc2)cc1. The molecule has 2 bridgehead atoms. The summed E-state index contributed by atoms with van der Waals surface area (Å²) >= 11 is 0. The lowest BCUT2D eigenvalue weighted by Gasteiger charge is -2.34. The molecule has 2 aromatic rings. The highest BCUT2D eigenvalue weighted by Crippen LogP contribution is 2.36. The fraction of sp³-hybridized carbons (Fsp3) is 0.409. The third-order valence-electron chi connectivity index (χ3n) is 5.39. The number of ether oxygens (including phenoxy) is 1. The predicted octanol–water partition coefficient (Wildman–Crippen LogP) is 3.74. The Morgan fingerprint density at radius 2 is 1.55 bits per heavy atom. The van der Waals surface area contributed by atoms with E-state index in [1.54, 1.807) is 17.0 Å². The van der Waals surface area contributed by atoms with Crippen molar-refractivity contribution in [2.24, 2.45) is 0 Å². The Hall–Kier alpha value is -2.38. The average Bonchev–Trinajstić information content (AvgIpc) is 3.29. The molecule has 2 heterocycles. The van der Waals surface area contributed by atoms with E-state index in [1.807, 2.05) is 63.2 Å². The summed E-state index contributed by atoms with van der Waals surface area (Å²) in [5.74, 6) is 0. The maximum absolute atomic E-state index is 13.2. The fourth-order valence-electron chi connectivity index (χ4n) is 4.05. The molecule has 0 aromatic heterocycles. The topological polar surface area (TPSA) is 66.9 Å². The first-order chi connectivity index (χ1) is 13.6. The van der Waals surface area contributed by atoms with Crippen LogP contribution in [-0.4, -0.2) is 54.5 Å². The van der Waals surface area contributed by atoms with Crippen LogP contribution in [0.25, 0.3) is 11.1 Å². The smallest absolute Gasteiger partial charge is 0.410 e. The number of sulfonamides is 1. The number of piperazine rings is 1. The molecule has 7 heteroatoms. The highest BCUT2D eigenvalue weighted by atomic mass is 32.2. The van der Waals surface area contributed by atoms with Crippen LogP contribution in [-0.2, 0) is 14.8 Å². The van der Waals surface area contributed by atoms with E-state index in [0.717, 1.165) is 11.1 Å². The largest absolute Gasteiger partial charge is 0.444 e.